The molecule has 0 N–H and O–H groups in total. The molecule has 2 aromatic carbocycles. The minimum absolute atomic E-state index is 0.0344. The average Bonchev–Trinajstić information content (AvgIpc) is 2.47. The lowest BCUT2D eigenvalue weighted by molar-refractivity contribution is 0.603. The summed E-state index contributed by atoms with van der Waals surface area (Å²) >= 11 is 17.7. The van der Waals surface area contributed by atoms with Gasteiger partial charge in [-0.1, -0.05) is 40.9 Å². The van der Waals surface area contributed by atoms with Crippen LogP contribution in [0.4, 0.5) is 0 Å². The minimum atomic E-state index is -3.98. The number of halogens is 3. The first-order valence-corrected chi connectivity index (χ1v) is 8.54. The van der Waals surface area contributed by atoms with Crippen LogP contribution in [-0.2, 0) is 9.84 Å². The van der Waals surface area contributed by atoms with Crippen molar-refractivity contribution in [2.45, 2.75) is 4.90 Å². The van der Waals surface area contributed by atoms with E-state index < -0.39 is 14.7 Å². The Bertz CT molecular complexity index is 862. The van der Waals surface area contributed by atoms with E-state index in [0.29, 0.717) is 5.02 Å². The maximum Gasteiger partial charge on any atom is 0.216 e. The third-order valence-electron chi connectivity index (χ3n) is 2.80. The second kappa shape index (κ2) is 6.72. The van der Waals surface area contributed by atoms with E-state index in [9.17, 15) is 13.7 Å². The van der Waals surface area contributed by atoms with Crippen LogP contribution < -0.4 is 0 Å². The molecule has 0 aliphatic rings. The SMILES string of the molecule is N#C/C(=C/c1c(Cl)cccc1Cl)S(=O)(=O)c1ccc(Cl)cc1. The molecule has 3 nitrogen and oxygen atoms in total. The van der Waals surface area contributed by atoms with Crippen LogP contribution in [0.3, 0.4) is 0 Å². The molecule has 0 aliphatic carbocycles. The maximum atomic E-state index is 12.5. The number of rotatable bonds is 3. The zero-order valence-electron chi connectivity index (χ0n) is 10.9. The van der Waals surface area contributed by atoms with Gasteiger partial charge in [-0.2, -0.15) is 5.26 Å². The number of allylic oxidation sites excluding steroid dienone is 1. The van der Waals surface area contributed by atoms with Gasteiger partial charge in [0.1, 0.15) is 11.0 Å². The molecule has 0 fully saturated rings. The molecule has 7 heteroatoms. The van der Waals surface area contributed by atoms with Crippen LogP contribution in [0.1, 0.15) is 5.56 Å². The standard InChI is InChI=1S/C15H8Cl3NO2S/c16-10-4-6-11(7-5-10)22(20,21)12(9-19)8-13-14(17)2-1-3-15(13)18/h1-8H/b12-8-. The van der Waals surface area contributed by atoms with Crippen molar-refractivity contribution in [3.63, 3.8) is 0 Å². The molecule has 0 amide bonds. The highest BCUT2D eigenvalue weighted by atomic mass is 35.5. The van der Waals surface area contributed by atoms with E-state index in [4.69, 9.17) is 34.8 Å². The zero-order chi connectivity index (χ0) is 16.3. The van der Waals surface area contributed by atoms with Gasteiger partial charge in [0.2, 0.25) is 9.84 Å². The quantitative estimate of drug-likeness (QED) is 0.713. The van der Waals surface area contributed by atoms with Crippen LogP contribution in [0.25, 0.3) is 6.08 Å². The molecular weight excluding hydrogens is 365 g/mol. The summed E-state index contributed by atoms with van der Waals surface area (Å²) in [5.74, 6) is 0. The lowest BCUT2D eigenvalue weighted by Gasteiger charge is -2.05. The van der Waals surface area contributed by atoms with Crippen LogP contribution in [0, 0.1) is 11.3 Å². The number of nitriles is 1. The number of hydrogen-bond acceptors (Lipinski definition) is 3. The Morgan fingerprint density at radius 1 is 1.00 bits per heavy atom. The molecule has 0 heterocycles. The highest BCUT2D eigenvalue weighted by Crippen LogP contribution is 2.29. The molecule has 0 radical (unpaired) electrons. The number of nitrogens with zero attached hydrogens (tertiary/aromatic N) is 1. The van der Waals surface area contributed by atoms with E-state index in [1.54, 1.807) is 24.3 Å². The number of hydrogen-bond donors (Lipinski definition) is 0. The first-order chi connectivity index (χ1) is 10.4. The Balaban J connectivity index is 2.59. The molecule has 2 rings (SSSR count). The van der Waals surface area contributed by atoms with Crippen molar-refractivity contribution in [1.29, 1.82) is 5.26 Å². The van der Waals surface area contributed by atoms with Gasteiger partial charge < -0.3 is 0 Å². The van der Waals surface area contributed by atoms with Gasteiger partial charge in [0.25, 0.3) is 0 Å². The molecule has 2 aromatic rings. The predicted octanol–water partition coefficient (Wildman–Crippen LogP) is 4.99. The molecule has 0 unspecified atom stereocenters. The normalized spacial score (nSPS) is 12.0. The van der Waals surface area contributed by atoms with Crippen LogP contribution >= 0.6 is 34.8 Å². The van der Waals surface area contributed by atoms with E-state index in [1.807, 2.05) is 0 Å². The van der Waals surface area contributed by atoms with Gasteiger partial charge in [-0.15, -0.1) is 0 Å². The molecule has 0 aromatic heterocycles. The molecule has 0 aliphatic heterocycles. The lowest BCUT2D eigenvalue weighted by atomic mass is 10.2. The van der Waals surface area contributed by atoms with Gasteiger partial charge in [0.15, 0.2) is 0 Å². The first-order valence-electron chi connectivity index (χ1n) is 5.92. The van der Waals surface area contributed by atoms with Gasteiger partial charge in [-0.05, 0) is 42.5 Å². The maximum absolute atomic E-state index is 12.5. The Morgan fingerprint density at radius 3 is 2.05 bits per heavy atom. The smallest absolute Gasteiger partial charge is 0.216 e. The highest BCUT2D eigenvalue weighted by molar-refractivity contribution is 7.95. The van der Waals surface area contributed by atoms with E-state index in [2.05, 4.69) is 0 Å². The van der Waals surface area contributed by atoms with Crippen molar-refractivity contribution in [3.8, 4) is 6.07 Å². The third kappa shape index (κ3) is 3.45. The van der Waals surface area contributed by atoms with E-state index in [1.165, 1.54) is 24.3 Å². The van der Waals surface area contributed by atoms with E-state index in [-0.39, 0.29) is 20.5 Å². The van der Waals surface area contributed by atoms with Crippen LogP contribution in [0.2, 0.25) is 15.1 Å². The third-order valence-corrected chi connectivity index (χ3v) is 5.39. The van der Waals surface area contributed by atoms with Crippen molar-refractivity contribution in [3.05, 3.63) is 68.0 Å². The van der Waals surface area contributed by atoms with Crippen LogP contribution in [0.5, 0.6) is 0 Å². The number of sulfone groups is 1. The molecule has 0 spiro atoms. The van der Waals surface area contributed by atoms with E-state index in [0.717, 1.165) is 6.08 Å². The Kier molecular flexibility index (Phi) is 5.15. The largest absolute Gasteiger partial charge is 0.218 e. The topological polar surface area (TPSA) is 57.9 Å². The van der Waals surface area contributed by atoms with Gasteiger partial charge in [0, 0.05) is 20.6 Å². The monoisotopic (exact) mass is 371 g/mol. The summed E-state index contributed by atoms with van der Waals surface area (Å²) in [6.45, 7) is 0. The van der Waals surface area contributed by atoms with Crippen molar-refractivity contribution in [2.24, 2.45) is 0 Å². The zero-order valence-corrected chi connectivity index (χ0v) is 14.0. The summed E-state index contributed by atoms with van der Waals surface area (Å²) < 4.78 is 25.0. The fourth-order valence-electron chi connectivity index (χ4n) is 1.69. The average molecular weight is 373 g/mol. The van der Waals surface area contributed by atoms with Gasteiger partial charge in [-0.25, -0.2) is 8.42 Å². The summed E-state index contributed by atoms with van der Waals surface area (Å²) in [6.07, 6.45) is 1.16. The summed E-state index contributed by atoms with van der Waals surface area (Å²) in [5.41, 5.74) is 0.278. The predicted molar refractivity (Wildman–Crippen MR) is 88.7 cm³/mol. The van der Waals surface area contributed by atoms with Crippen molar-refractivity contribution >= 4 is 50.7 Å². The van der Waals surface area contributed by atoms with Gasteiger partial charge in [0.05, 0.1) is 4.90 Å². The van der Waals surface area contributed by atoms with Crippen LogP contribution in [-0.4, -0.2) is 8.42 Å². The van der Waals surface area contributed by atoms with Crippen molar-refractivity contribution in [2.75, 3.05) is 0 Å². The van der Waals surface area contributed by atoms with Crippen LogP contribution in [0.15, 0.2) is 52.3 Å². The second-order valence-electron chi connectivity index (χ2n) is 4.21. The van der Waals surface area contributed by atoms with Gasteiger partial charge in [-0.3, -0.25) is 0 Å². The molecule has 112 valence electrons. The summed E-state index contributed by atoms with van der Waals surface area (Å²) in [4.78, 5) is -0.488. The molecule has 0 saturated heterocycles. The molecule has 22 heavy (non-hydrogen) atoms. The fraction of sp³-hybridized carbons (Fsp3) is 0. The van der Waals surface area contributed by atoms with Crippen molar-refractivity contribution < 1.29 is 8.42 Å². The second-order valence-corrected chi connectivity index (χ2v) is 7.38. The Morgan fingerprint density at radius 2 is 1.55 bits per heavy atom. The number of benzene rings is 2. The summed E-state index contributed by atoms with van der Waals surface area (Å²) in [5, 5.41) is 10.1. The summed E-state index contributed by atoms with van der Waals surface area (Å²) in [7, 11) is -3.98. The van der Waals surface area contributed by atoms with Gasteiger partial charge >= 0.3 is 0 Å². The highest BCUT2D eigenvalue weighted by Gasteiger charge is 2.21. The minimum Gasteiger partial charge on any atom is -0.218 e. The lowest BCUT2D eigenvalue weighted by Crippen LogP contribution is -2.03. The molecule has 0 bridgehead atoms. The fourth-order valence-corrected chi connectivity index (χ4v) is 3.46. The Hall–Kier alpha value is -1.51. The molecular formula is C15H8Cl3NO2S. The van der Waals surface area contributed by atoms with Crippen molar-refractivity contribution in [1.82, 2.24) is 0 Å². The van der Waals surface area contributed by atoms with E-state index >= 15 is 0 Å². The first kappa shape index (κ1) is 16.9. The molecule has 0 atom stereocenters. The molecule has 0 saturated carbocycles. The summed E-state index contributed by atoms with van der Waals surface area (Å²) in [6, 6.07) is 12.0. The Labute approximate surface area is 143 Å².